The predicted molar refractivity (Wildman–Crippen MR) is 114 cm³/mol. The number of nitrogens with zero attached hydrogens (tertiary/aromatic N) is 1. The van der Waals surface area contributed by atoms with Crippen LogP contribution in [0.1, 0.15) is 31.4 Å². The average Bonchev–Trinajstić information content (AvgIpc) is 2.69. The molecule has 0 aromatic heterocycles. The lowest BCUT2D eigenvalue weighted by atomic mass is 9.98. The van der Waals surface area contributed by atoms with Crippen LogP contribution in [-0.4, -0.2) is 31.7 Å². The summed E-state index contributed by atoms with van der Waals surface area (Å²) in [6.45, 7) is 2.52. The monoisotopic (exact) mass is 484 g/mol. The minimum Gasteiger partial charge on any atom is -0.349 e. The Bertz CT molecular complexity index is 933. The number of piperidine rings is 1. The van der Waals surface area contributed by atoms with Crippen molar-refractivity contribution in [2.45, 2.75) is 30.7 Å². The summed E-state index contributed by atoms with van der Waals surface area (Å²) in [4.78, 5) is 13.0. The smallest absolute Gasteiger partial charge is 0.243 e. The fourth-order valence-corrected chi connectivity index (χ4v) is 5.21. The molecular weight excluding hydrogens is 464 g/mol. The summed E-state index contributed by atoms with van der Waals surface area (Å²) < 4.78 is 28.0. The van der Waals surface area contributed by atoms with Gasteiger partial charge in [-0.2, -0.15) is 4.31 Å². The Hall–Kier alpha value is -1.41. The SMILES string of the molecule is C[C@@H](NC(=O)[C@@H]1CCCN(S(=O)(=O)c2ccc(Br)cc2)C1)c1ccc(Cl)cc1. The van der Waals surface area contributed by atoms with Gasteiger partial charge in [-0.05, 0) is 61.7 Å². The molecule has 1 N–H and O–H groups in total. The molecule has 8 heteroatoms. The number of halogens is 2. The number of nitrogens with one attached hydrogen (secondary N) is 1. The van der Waals surface area contributed by atoms with Gasteiger partial charge in [0.25, 0.3) is 0 Å². The number of benzene rings is 2. The van der Waals surface area contributed by atoms with Crippen LogP contribution in [0.2, 0.25) is 5.02 Å². The van der Waals surface area contributed by atoms with E-state index in [2.05, 4.69) is 21.2 Å². The molecule has 28 heavy (non-hydrogen) atoms. The van der Waals surface area contributed by atoms with Crippen LogP contribution in [0.3, 0.4) is 0 Å². The number of carbonyl (C=O) groups is 1. The molecule has 0 radical (unpaired) electrons. The van der Waals surface area contributed by atoms with Crippen molar-refractivity contribution in [3.05, 3.63) is 63.6 Å². The first-order valence-corrected chi connectivity index (χ1v) is 11.7. The quantitative estimate of drug-likeness (QED) is 0.683. The third-order valence-corrected chi connectivity index (χ3v) is 7.60. The van der Waals surface area contributed by atoms with Crippen LogP contribution in [0.25, 0.3) is 0 Å². The van der Waals surface area contributed by atoms with Gasteiger partial charge < -0.3 is 5.32 Å². The van der Waals surface area contributed by atoms with Crippen molar-refractivity contribution in [3.8, 4) is 0 Å². The van der Waals surface area contributed by atoms with Crippen molar-refractivity contribution in [1.29, 1.82) is 0 Å². The molecule has 2 aromatic rings. The van der Waals surface area contributed by atoms with Crippen LogP contribution in [0.5, 0.6) is 0 Å². The second kappa shape index (κ2) is 8.95. The fourth-order valence-electron chi connectivity index (χ4n) is 3.30. The first-order valence-electron chi connectivity index (χ1n) is 9.09. The lowest BCUT2D eigenvalue weighted by Crippen LogP contribution is -2.45. The molecule has 1 aliphatic heterocycles. The van der Waals surface area contributed by atoms with E-state index in [4.69, 9.17) is 11.6 Å². The van der Waals surface area contributed by atoms with Crippen molar-refractivity contribution in [3.63, 3.8) is 0 Å². The van der Waals surface area contributed by atoms with Crippen LogP contribution < -0.4 is 5.32 Å². The summed E-state index contributed by atoms with van der Waals surface area (Å²) in [7, 11) is -3.61. The normalized spacial score (nSPS) is 19.2. The van der Waals surface area contributed by atoms with Gasteiger partial charge in [0.05, 0.1) is 16.9 Å². The first kappa shape index (κ1) is 21.3. The summed E-state index contributed by atoms with van der Waals surface area (Å²) in [6.07, 6.45) is 1.33. The topological polar surface area (TPSA) is 66.5 Å². The molecule has 1 aliphatic rings. The standard InChI is InChI=1S/C20H22BrClN2O3S/c1-14(15-4-8-18(22)9-5-15)23-20(25)16-3-2-12-24(13-16)28(26,27)19-10-6-17(21)7-11-19/h4-11,14,16H,2-3,12-13H2,1H3,(H,23,25)/t14-,16-/m1/s1. The van der Waals surface area contributed by atoms with Crippen LogP contribution >= 0.6 is 27.5 Å². The van der Waals surface area contributed by atoms with Gasteiger partial charge in [0.15, 0.2) is 0 Å². The van der Waals surface area contributed by atoms with Gasteiger partial charge >= 0.3 is 0 Å². The molecule has 0 unspecified atom stereocenters. The summed E-state index contributed by atoms with van der Waals surface area (Å²) in [5.41, 5.74) is 0.952. The van der Waals surface area contributed by atoms with Crippen molar-refractivity contribution < 1.29 is 13.2 Å². The molecule has 1 heterocycles. The summed E-state index contributed by atoms with van der Waals surface area (Å²) >= 11 is 9.22. The van der Waals surface area contributed by atoms with Gasteiger partial charge in [0.1, 0.15) is 0 Å². The van der Waals surface area contributed by atoms with E-state index < -0.39 is 10.0 Å². The largest absolute Gasteiger partial charge is 0.349 e. The molecule has 0 saturated carbocycles. The molecule has 2 atom stereocenters. The predicted octanol–water partition coefficient (Wildman–Crippen LogP) is 4.38. The Kier molecular flexibility index (Phi) is 6.81. The second-order valence-corrected chi connectivity index (χ2v) is 10.2. The van der Waals surface area contributed by atoms with Crippen molar-refractivity contribution >= 4 is 43.5 Å². The van der Waals surface area contributed by atoms with E-state index in [1.807, 2.05) is 19.1 Å². The number of hydrogen-bond donors (Lipinski definition) is 1. The Morgan fingerprint density at radius 3 is 2.46 bits per heavy atom. The Morgan fingerprint density at radius 2 is 1.82 bits per heavy atom. The lowest BCUT2D eigenvalue weighted by Gasteiger charge is -2.32. The molecule has 3 rings (SSSR count). The van der Waals surface area contributed by atoms with Crippen molar-refractivity contribution in [2.75, 3.05) is 13.1 Å². The summed E-state index contributed by atoms with van der Waals surface area (Å²) in [6, 6.07) is 13.7. The molecule has 1 saturated heterocycles. The maximum absolute atomic E-state index is 12.9. The molecular formula is C20H22BrClN2O3S. The van der Waals surface area contributed by atoms with Crippen LogP contribution in [0.4, 0.5) is 0 Å². The summed E-state index contributed by atoms with van der Waals surface area (Å²) in [5, 5.41) is 3.64. The van der Waals surface area contributed by atoms with E-state index in [-0.39, 0.29) is 29.3 Å². The molecule has 5 nitrogen and oxygen atoms in total. The minimum atomic E-state index is -3.61. The highest BCUT2D eigenvalue weighted by Crippen LogP contribution is 2.26. The van der Waals surface area contributed by atoms with Gasteiger partial charge in [0, 0.05) is 22.6 Å². The number of hydrogen-bond acceptors (Lipinski definition) is 3. The average molecular weight is 486 g/mol. The highest BCUT2D eigenvalue weighted by molar-refractivity contribution is 9.10. The maximum atomic E-state index is 12.9. The maximum Gasteiger partial charge on any atom is 0.243 e. The number of carbonyl (C=O) groups excluding carboxylic acids is 1. The van der Waals surface area contributed by atoms with Gasteiger partial charge in [-0.15, -0.1) is 0 Å². The van der Waals surface area contributed by atoms with E-state index in [1.54, 1.807) is 36.4 Å². The van der Waals surface area contributed by atoms with E-state index in [1.165, 1.54) is 4.31 Å². The van der Waals surface area contributed by atoms with Crippen molar-refractivity contribution in [1.82, 2.24) is 9.62 Å². The third kappa shape index (κ3) is 4.95. The Balaban J connectivity index is 1.67. The molecule has 0 bridgehead atoms. The molecule has 1 amide bonds. The number of amides is 1. The van der Waals surface area contributed by atoms with Gasteiger partial charge in [0.2, 0.25) is 15.9 Å². The number of rotatable bonds is 5. The number of sulfonamides is 1. The zero-order chi connectivity index (χ0) is 20.3. The molecule has 150 valence electrons. The Morgan fingerprint density at radius 1 is 1.18 bits per heavy atom. The van der Waals surface area contributed by atoms with Crippen LogP contribution in [0.15, 0.2) is 57.9 Å². The highest BCUT2D eigenvalue weighted by Gasteiger charge is 2.33. The van der Waals surface area contributed by atoms with E-state index in [0.29, 0.717) is 24.4 Å². The zero-order valence-corrected chi connectivity index (χ0v) is 18.6. The van der Waals surface area contributed by atoms with Gasteiger partial charge in [-0.3, -0.25) is 4.79 Å². The first-order chi connectivity index (χ1) is 13.3. The molecule has 2 aromatic carbocycles. The van der Waals surface area contributed by atoms with Crippen molar-refractivity contribution in [2.24, 2.45) is 5.92 Å². The third-order valence-electron chi connectivity index (χ3n) is 4.94. The van der Waals surface area contributed by atoms with E-state index >= 15 is 0 Å². The summed E-state index contributed by atoms with van der Waals surface area (Å²) in [5.74, 6) is -0.494. The van der Waals surface area contributed by atoms with Crippen LogP contribution in [0, 0.1) is 5.92 Å². The molecule has 1 fully saturated rings. The minimum absolute atomic E-state index is 0.127. The molecule has 0 aliphatic carbocycles. The lowest BCUT2D eigenvalue weighted by molar-refractivity contribution is -0.126. The van der Waals surface area contributed by atoms with Crippen LogP contribution in [-0.2, 0) is 14.8 Å². The Labute approximate surface area is 179 Å². The fraction of sp³-hybridized carbons (Fsp3) is 0.350. The van der Waals surface area contributed by atoms with E-state index in [0.717, 1.165) is 10.0 Å². The molecule has 0 spiro atoms. The van der Waals surface area contributed by atoms with E-state index in [9.17, 15) is 13.2 Å². The zero-order valence-electron chi connectivity index (χ0n) is 15.4. The highest BCUT2D eigenvalue weighted by atomic mass is 79.9. The van der Waals surface area contributed by atoms with Gasteiger partial charge in [-0.1, -0.05) is 39.7 Å². The second-order valence-electron chi connectivity index (χ2n) is 6.94. The van der Waals surface area contributed by atoms with Gasteiger partial charge in [-0.25, -0.2) is 8.42 Å².